The van der Waals surface area contributed by atoms with Crippen LogP contribution in [0.3, 0.4) is 0 Å². The lowest BCUT2D eigenvalue weighted by Gasteiger charge is -2.17. The van der Waals surface area contributed by atoms with Crippen LogP contribution in [0.4, 0.5) is 0 Å². The molecule has 5 heteroatoms. The van der Waals surface area contributed by atoms with Crippen molar-refractivity contribution in [3.8, 4) is 0 Å². The highest BCUT2D eigenvalue weighted by Crippen LogP contribution is 2.23. The van der Waals surface area contributed by atoms with Crippen LogP contribution in [0.15, 0.2) is 24.3 Å². The van der Waals surface area contributed by atoms with Crippen molar-refractivity contribution in [3.05, 3.63) is 51.3 Å². The van der Waals surface area contributed by atoms with Crippen molar-refractivity contribution in [2.75, 3.05) is 7.05 Å². The molecule has 114 valence electrons. The molecule has 0 fully saturated rings. The Morgan fingerprint density at radius 2 is 1.95 bits per heavy atom. The predicted molar refractivity (Wildman–Crippen MR) is 89.4 cm³/mol. The van der Waals surface area contributed by atoms with E-state index in [-0.39, 0.29) is 0 Å². The van der Waals surface area contributed by atoms with E-state index in [1.54, 1.807) is 0 Å². The first-order valence-corrected chi connectivity index (χ1v) is 7.93. The number of aromatic nitrogens is 2. The van der Waals surface area contributed by atoms with E-state index in [0.717, 1.165) is 25.1 Å². The van der Waals surface area contributed by atoms with E-state index < -0.39 is 0 Å². The number of nitrogens with one attached hydrogen (secondary N) is 1. The van der Waals surface area contributed by atoms with Gasteiger partial charge in [-0.05, 0) is 51.1 Å². The normalized spacial score (nSPS) is 12.6. The summed E-state index contributed by atoms with van der Waals surface area (Å²) in [7, 11) is 1.99. The molecule has 0 amide bonds. The lowest BCUT2D eigenvalue weighted by atomic mass is 10.0. The Hall–Kier alpha value is -1.03. The number of benzene rings is 1. The standard InChI is InChI=1S/C16H21Cl2N3/c1-4-21-14(7-11(2)20-21)10-13(19-3)8-12-5-6-15(17)16(18)9-12/h5-7,9,13,19H,4,8,10H2,1-3H3. The molecule has 1 aromatic carbocycles. The van der Waals surface area contributed by atoms with E-state index in [1.807, 2.05) is 32.2 Å². The van der Waals surface area contributed by atoms with Crippen LogP contribution in [0.2, 0.25) is 10.0 Å². The first kappa shape index (κ1) is 16.3. The quantitative estimate of drug-likeness (QED) is 0.873. The van der Waals surface area contributed by atoms with Crippen LogP contribution in [-0.4, -0.2) is 22.9 Å². The Morgan fingerprint density at radius 3 is 2.57 bits per heavy atom. The van der Waals surface area contributed by atoms with E-state index in [1.165, 1.54) is 11.3 Å². The minimum atomic E-state index is 0.337. The van der Waals surface area contributed by atoms with Crippen LogP contribution >= 0.6 is 23.2 Å². The van der Waals surface area contributed by atoms with Crippen molar-refractivity contribution in [2.24, 2.45) is 0 Å². The number of hydrogen-bond donors (Lipinski definition) is 1. The molecule has 1 heterocycles. The van der Waals surface area contributed by atoms with E-state index in [9.17, 15) is 0 Å². The topological polar surface area (TPSA) is 29.9 Å². The van der Waals surface area contributed by atoms with Gasteiger partial charge in [0, 0.05) is 24.7 Å². The van der Waals surface area contributed by atoms with Gasteiger partial charge in [0.25, 0.3) is 0 Å². The molecule has 0 saturated carbocycles. The van der Waals surface area contributed by atoms with Gasteiger partial charge in [-0.15, -0.1) is 0 Å². The van der Waals surface area contributed by atoms with Gasteiger partial charge in [-0.1, -0.05) is 29.3 Å². The van der Waals surface area contributed by atoms with Crippen molar-refractivity contribution < 1.29 is 0 Å². The monoisotopic (exact) mass is 325 g/mol. The highest BCUT2D eigenvalue weighted by atomic mass is 35.5. The summed E-state index contributed by atoms with van der Waals surface area (Å²) in [4.78, 5) is 0. The van der Waals surface area contributed by atoms with Gasteiger partial charge in [-0.3, -0.25) is 4.68 Å². The third kappa shape index (κ3) is 4.22. The molecule has 1 atom stereocenters. The summed E-state index contributed by atoms with van der Waals surface area (Å²) in [6.07, 6.45) is 1.84. The van der Waals surface area contributed by atoms with Crippen LogP contribution in [0.1, 0.15) is 23.9 Å². The maximum absolute atomic E-state index is 6.09. The number of rotatable bonds is 6. The molecule has 1 aromatic heterocycles. The molecular formula is C16H21Cl2N3. The molecule has 21 heavy (non-hydrogen) atoms. The molecule has 1 N–H and O–H groups in total. The van der Waals surface area contributed by atoms with Gasteiger partial charge in [-0.2, -0.15) is 5.10 Å². The number of halogens is 2. The SMILES string of the molecule is CCn1nc(C)cc1CC(Cc1ccc(Cl)c(Cl)c1)NC. The number of hydrogen-bond acceptors (Lipinski definition) is 2. The smallest absolute Gasteiger partial charge is 0.0596 e. The minimum Gasteiger partial charge on any atom is -0.316 e. The summed E-state index contributed by atoms with van der Waals surface area (Å²) in [6, 6.07) is 8.32. The molecule has 0 spiro atoms. The van der Waals surface area contributed by atoms with Crippen LogP contribution < -0.4 is 5.32 Å². The third-order valence-corrected chi connectivity index (χ3v) is 4.35. The van der Waals surface area contributed by atoms with Crippen molar-refractivity contribution in [1.29, 1.82) is 0 Å². The highest BCUT2D eigenvalue weighted by molar-refractivity contribution is 6.42. The Bertz CT molecular complexity index is 608. The van der Waals surface area contributed by atoms with Crippen LogP contribution in [0.5, 0.6) is 0 Å². The van der Waals surface area contributed by atoms with Gasteiger partial charge in [-0.25, -0.2) is 0 Å². The predicted octanol–water partition coefficient (Wildman–Crippen LogP) is 3.89. The van der Waals surface area contributed by atoms with Gasteiger partial charge in [0.15, 0.2) is 0 Å². The second-order valence-electron chi connectivity index (χ2n) is 5.24. The summed E-state index contributed by atoms with van der Waals surface area (Å²) in [5.41, 5.74) is 3.51. The average Bonchev–Trinajstić information content (AvgIpc) is 2.82. The van der Waals surface area contributed by atoms with E-state index in [0.29, 0.717) is 16.1 Å². The second-order valence-corrected chi connectivity index (χ2v) is 6.05. The fourth-order valence-electron chi connectivity index (χ4n) is 2.52. The molecule has 0 aliphatic carbocycles. The molecule has 0 radical (unpaired) electrons. The molecule has 1 unspecified atom stereocenters. The van der Waals surface area contributed by atoms with Gasteiger partial charge >= 0.3 is 0 Å². The fourth-order valence-corrected chi connectivity index (χ4v) is 2.84. The fraction of sp³-hybridized carbons (Fsp3) is 0.438. The zero-order valence-electron chi connectivity index (χ0n) is 12.7. The molecule has 2 aromatic rings. The molecule has 0 aliphatic heterocycles. The molecule has 0 saturated heterocycles. The highest BCUT2D eigenvalue weighted by Gasteiger charge is 2.13. The molecule has 3 nitrogen and oxygen atoms in total. The van der Waals surface area contributed by atoms with E-state index in [4.69, 9.17) is 23.2 Å². The number of likely N-dealkylation sites (N-methyl/N-ethyl adjacent to an activating group) is 1. The van der Waals surface area contributed by atoms with Crippen molar-refractivity contribution in [1.82, 2.24) is 15.1 Å². The van der Waals surface area contributed by atoms with Crippen LogP contribution in [0, 0.1) is 6.92 Å². The second kappa shape index (κ2) is 7.30. The Kier molecular flexibility index (Phi) is 5.68. The first-order valence-electron chi connectivity index (χ1n) is 7.18. The minimum absolute atomic E-state index is 0.337. The maximum Gasteiger partial charge on any atom is 0.0596 e. The lowest BCUT2D eigenvalue weighted by molar-refractivity contribution is 0.520. The van der Waals surface area contributed by atoms with Crippen molar-refractivity contribution in [3.63, 3.8) is 0 Å². The van der Waals surface area contributed by atoms with E-state index in [2.05, 4.69) is 28.1 Å². The summed E-state index contributed by atoms with van der Waals surface area (Å²) in [6.45, 7) is 5.04. The van der Waals surface area contributed by atoms with Crippen LogP contribution in [-0.2, 0) is 19.4 Å². The van der Waals surface area contributed by atoms with Crippen molar-refractivity contribution in [2.45, 2.75) is 39.3 Å². The van der Waals surface area contributed by atoms with Gasteiger partial charge < -0.3 is 5.32 Å². The van der Waals surface area contributed by atoms with Crippen molar-refractivity contribution >= 4 is 23.2 Å². The first-order chi connectivity index (χ1) is 10.0. The third-order valence-electron chi connectivity index (χ3n) is 3.61. The van der Waals surface area contributed by atoms with Crippen LogP contribution in [0.25, 0.3) is 0 Å². The summed E-state index contributed by atoms with van der Waals surface area (Å²) >= 11 is 12.0. The number of nitrogens with zero attached hydrogens (tertiary/aromatic N) is 2. The largest absolute Gasteiger partial charge is 0.316 e. The molecule has 0 aliphatic rings. The average molecular weight is 326 g/mol. The lowest BCUT2D eigenvalue weighted by Crippen LogP contribution is -2.30. The Morgan fingerprint density at radius 1 is 1.19 bits per heavy atom. The van der Waals surface area contributed by atoms with E-state index >= 15 is 0 Å². The molecular weight excluding hydrogens is 305 g/mol. The zero-order chi connectivity index (χ0) is 15.4. The molecule has 2 rings (SSSR count). The molecule has 0 bridgehead atoms. The number of aryl methyl sites for hydroxylation is 2. The van der Waals surface area contributed by atoms with Gasteiger partial charge in [0.05, 0.1) is 15.7 Å². The Labute approximate surface area is 136 Å². The zero-order valence-corrected chi connectivity index (χ0v) is 14.2. The summed E-state index contributed by atoms with van der Waals surface area (Å²) < 4.78 is 2.06. The van der Waals surface area contributed by atoms with Gasteiger partial charge in [0.2, 0.25) is 0 Å². The Balaban J connectivity index is 2.10. The summed E-state index contributed by atoms with van der Waals surface area (Å²) in [5.74, 6) is 0. The maximum atomic E-state index is 6.09. The van der Waals surface area contributed by atoms with Gasteiger partial charge in [0.1, 0.15) is 0 Å². The summed E-state index contributed by atoms with van der Waals surface area (Å²) in [5, 5.41) is 9.08.